The van der Waals surface area contributed by atoms with Gasteiger partial charge in [0.1, 0.15) is 11.3 Å². The lowest BCUT2D eigenvalue weighted by Crippen LogP contribution is -2.36. The Morgan fingerprint density at radius 3 is 2.52 bits per heavy atom. The average Bonchev–Trinajstić information content (AvgIpc) is 3.08. The largest absolute Gasteiger partial charge is 0.497 e. The predicted molar refractivity (Wildman–Crippen MR) is 105 cm³/mol. The number of aryl methyl sites for hydroxylation is 1. The normalized spacial score (nSPS) is 15.3. The number of amides is 1. The Morgan fingerprint density at radius 2 is 1.89 bits per heavy atom. The molecule has 140 valence electrons. The van der Waals surface area contributed by atoms with E-state index in [0.29, 0.717) is 5.92 Å². The van der Waals surface area contributed by atoms with E-state index in [1.54, 1.807) is 14.0 Å². The van der Waals surface area contributed by atoms with Crippen molar-refractivity contribution >= 4 is 16.9 Å². The van der Waals surface area contributed by atoms with E-state index in [1.807, 2.05) is 47.1 Å². The first-order valence-corrected chi connectivity index (χ1v) is 9.28. The first kappa shape index (κ1) is 17.5. The van der Waals surface area contributed by atoms with Crippen LogP contribution in [0.1, 0.15) is 31.4 Å². The lowest BCUT2D eigenvalue weighted by Gasteiger charge is -2.31. The molecule has 3 aromatic rings. The Morgan fingerprint density at radius 1 is 1.19 bits per heavy atom. The number of likely N-dealkylation sites (tertiary alicyclic amines) is 1. The van der Waals surface area contributed by atoms with Gasteiger partial charge in [-0.3, -0.25) is 9.78 Å². The van der Waals surface area contributed by atoms with Gasteiger partial charge in [-0.15, -0.1) is 0 Å². The quantitative estimate of drug-likeness (QED) is 0.715. The number of fused-ring (bicyclic) bond motifs is 1. The number of piperidine rings is 1. The van der Waals surface area contributed by atoms with Gasteiger partial charge in [0.2, 0.25) is 5.91 Å². The van der Waals surface area contributed by atoms with Gasteiger partial charge in [0.05, 0.1) is 24.6 Å². The summed E-state index contributed by atoms with van der Waals surface area (Å²) in [7, 11) is 3.67. The number of carbonyl (C=O) groups is 1. The van der Waals surface area contributed by atoms with Crippen molar-refractivity contribution < 1.29 is 9.53 Å². The third kappa shape index (κ3) is 3.27. The molecular formula is C21H24N4O2. The summed E-state index contributed by atoms with van der Waals surface area (Å²) in [5.74, 6) is 1.34. The minimum Gasteiger partial charge on any atom is -0.497 e. The molecule has 0 radical (unpaired) electrons. The fourth-order valence-electron chi connectivity index (χ4n) is 3.80. The van der Waals surface area contributed by atoms with Crippen LogP contribution in [-0.2, 0) is 11.8 Å². The molecule has 1 aliphatic heterocycles. The number of hydrogen-bond donors (Lipinski definition) is 0. The summed E-state index contributed by atoms with van der Waals surface area (Å²) in [4.78, 5) is 23.1. The number of hydrogen-bond acceptors (Lipinski definition) is 4. The molecule has 27 heavy (non-hydrogen) atoms. The highest BCUT2D eigenvalue weighted by atomic mass is 16.5. The third-order valence-corrected chi connectivity index (χ3v) is 5.45. The van der Waals surface area contributed by atoms with Crippen LogP contribution < -0.4 is 4.74 Å². The van der Waals surface area contributed by atoms with E-state index in [1.165, 1.54) is 0 Å². The van der Waals surface area contributed by atoms with Gasteiger partial charge in [-0.25, -0.2) is 4.98 Å². The number of methoxy groups -OCH3 is 1. The summed E-state index contributed by atoms with van der Waals surface area (Å²) in [6.07, 6.45) is 3.72. The number of benzene rings is 1. The van der Waals surface area contributed by atoms with E-state index in [-0.39, 0.29) is 5.91 Å². The molecule has 3 heterocycles. The molecule has 0 bridgehead atoms. The number of rotatable bonds is 3. The Bertz CT molecular complexity index is 970. The van der Waals surface area contributed by atoms with Crippen LogP contribution in [-0.4, -0.2) is 45.5 Å². The van der Waals surface area contributed by atoms with E-state index in [9.17, 15) is 4.79 Å². The van der Waals surface area contributed by atoms with Crippen molar-refractivity contribution in [2.45, 2.75) is 25.7 Å². The maximum Gasteiger partial charge on any atom is 0.219 e. The van der Waals surface area contributed by atoms with Crippen molar-refractivity contribution in [3.8, 4) is 17.0 Å². The summed E-state index contributed by atoms with van der Waals surface area (Å²) in [5.41, 5.74) is 5.01. The lowest BCUT2D eigenvalue weighted by molar-refractivity contribution is -0.129. The standard InChI is InChI=1S/C21H24N4O2/c1-14(26)25-10-8-15(9-11-25)18-12-19-21(22-13-24(19)2)20(23-18)16-4-6-17(27-3)7-5-16/h4-7,12-13,15H,8-11H2,1-3H3. The highest BCUT2D eigenvalue weighted by Crippen LogP contribution is 2.33. The molecule has 4 rings (SSSR count). The summed E-state index contributed by atoms with van der Waals surface area (Å²) in [6, 6.07) is 10.1. The van der Waals surface area contributed by atoms with E-state index >= 15 is 0 Å². The summed E-state index contributed by atoms with van der Waals surface area (Å²) < 4.78 is 7.31. The second-order valence-electron chi connectivity index (χ2n) is 7.13. The van der Waals surface area contributed by atoms with Gasteiger partial charge in [0, 0.05) is 44.2 Å². The van der Waals surface area contributed by atoms with Crippen LogP contribution >= 0.6 is 0 Å². The fraction of sp³-hybridized carbons (Fsp3) is 0.381. The monoisotopic (exact) mass is 364 g/mol. The van der Waals surface area contributed by atoms with Crippen molar-refractivity contribution in [3.05, 3.63) is 42.4 Å². The SMILES string of the molecule is COc1ccc(-c2nc(C3CCN(C(C)=O)CC3)cc3c2ncn3C)cc1. The molecule has 1 aromatic carbocycles. The van der Waals surface area contributed by atoms with Crippen LogP contribution in [0.15, 0.2) is 36.7 Å². The van der Waals surface area contributed by atoms with Gasteiger partial charge in [-0.05, 0) is 43.2 Å². The average molecular weight is 364 g/mol. The molecule has 0 unspecified atom stereocenters. The van der Waals surface area contributed by atoms with Crippen LogP contribution in [0.2, 0.25) is 0 Å². The smallest absolute Gasteiger partial charge is 0.219 e. The van der Waals surface area contributed by atoms with Gasteiger partial charge >= 0.3 is 0 Å². The van der Waals surface area contributed by atoms with Gasteiger partial charge in [0.15, 0.2) is 0 Å². The van der Waals surface area contributed by atoms with Crippen LogP contribution in [0.4, 0.5) is 0 Å². The number of ether oxygens (including phenoxy) is 1. The van der Waals surface area contributed by atoms with Crippen molar-refractivity contribution in [2.75, 3.05) is 20.2 Å². The topological polar surface area (TPSA) is 60.2 Å². The van der Waals surface area contributed by atoms with E-state index in [4.69, 9.17) is 9.72 Å². The molecule has 1 fully saturated rings. The molecule has 1 saturated heterocycles. The van der Waals surface area contributed by atoms with Gasteiger partial charge in [-0.1, -0.05) is 0 Å². The number of nitrogens with zero attached hydrogens (tertiary/aromatic N) is 4. The minimum atomic E-state index is 0.155. The van der Waals surface area contributed by atoms with E-state index < -0.39 is 0 Å². The molecule has 0 spiro atoms. The number of imidazole rings is 1. The zero-order valence-corrected chi connectivity index (χ0v) is 16.0. The molecule has 0 N–H and O–H groups in total. The molecule has 0 aliphatic carbocycles. The van der Waals surface area contributed by atoms with Gasteiger partial charge in [-0.2, -0.15) is 0 Å². The molecule has 1 amide bonds. The first-order chi connectivity index (χ1) is 13.1. The van der Waals surface area contributed by atoms with Crippen molar-refractivity contribution in [1.82, 2.24) is 19.4 Å². The van der Waals surface area contributed by atoms with Gasteiger partial charge in [0.25, 0.3) is 0 Å². The predicted octanol–water partition coefficient (Wildman–Crippen LogP) is 3.37. The summed E-state index contributed by atoms with van der Waals surface area (Å²) >= 11 is 0. The second-order valence-corrected chi connectivity index (χ2v) is 7.13. The molecule has 2 aromatic heterocycles. The van der Waals surface area contributed by atoms with Crippen molar-refractivity contribution in [2.24, 2.45) is 7.05 Å². The highest BCUT2D eigenvalue weighted by Gasteiger charge is 2.24. The second kappa shape index (κ2) is 7.02. The van der Waals surface area contributed by atoms with Crippen LogP contribution in [0, 0.1) is 0 Å². The molecule has 0 saturated carbocycles. The Hall–Kier alpha value is -2.89. The summed E-state index contributed by atoms with van der Waals surface area (Å²) in [6.45, 7) is 3.23. The maximum atomic E-state index is 11.6. The van der Waals surface area contributed by atoms with Crippen LogP contribution in [0.3, 0.4) is 0 Å². The highest BCUT2D eigenvalue weighted by molar-refractivity contribution is 5.90. The van der Waals surface area contributed by atoms with Crippen molar-refractivity contribution in [3.63, 3.8) is 0 Å². The van der Waals surface area contributed by atoms with Gasteiger partial charge < -0.3 is 14.2 Å². The third-order valence-electron chi connectivity index (χ3n) is 5.45. The number of pyridine rings is 1. The van der Waals surface area contributed by atoms with Crippen LogP contribution in [0.25, 0.3) is 22.3 Å². The minimum absolute atomic E-state index is 0.155. The Labute approximate surface area is 158 Å². The Balaban J connectivity index is 1.74. The lowest BCUT2D eigenvalue weighted by atomic mass is 9.92. The van der Waals surface area contributed by atoms with E-state index in [2.05, 4.69) is 11.1 Å². The molecule has 1 aliphatic rings. The maximum absolute atomic E-state index is 11.6. The zero-order chi connectivity index (χ0) is 19.0. The molecular weight excluding hydrogens is 340 g/mol. The number of aromatic nitrogens is 3. The number of carbonyl (C=O) groups excluding carboxylic acids is 1. The molecule has 6 heteroatoms. The Kier molecular flexibility index (Phi) is 4.56. The van der Waals surface area contributed by atoms with Crippen LogP contribution in [0.5, 0.6) is 5.75 Å². The fourth-order valence-corrected chi connectivity index (χ4v) is 3.80. The summed E-state index contributed by atoms with van der Waals surface area (Å²) in [5, 5.41) is 0. The molecule has 6 nitrogen and oxygen atoms in total. The van der Waals surface area contributed by atoms with E-state index in [0.717, 1.165) is 59.7 Å². The molecule has 0 atom stereocenters. The first-order valence-electron chi connectivity index (χ1n) is 9.28. The zero-order valence-electron chi connectivity index (χ0n) is 16.0. The van der Waals surface area contributed by atoms with Crippen molar-refractivity contribution in [1.29, 1.82) is 0 Å².